The highest BCUT2D eigenvalue weighted by Crippen LogP contribution is 2.23. The van der Waals surface area contributed by atoms with Crippen molar-refractivity contribution in [2.24, 2.45) is 0 Å². The molecule has 1 N–H and O–H groups in total. The number of aromatic nitrogens is 2. The van der Waals surface area contributed by atoms with Crippen LogP contribution in [-0.4, -0.2) is 40.9 Å². The number of rotatable bonds is 5. The summed E-state index contributed by atoms with van der Waals surface area (Å²) >= 11 is 0. The number of nitrogens with one attached hydrogen (secondary N) is 1. The molecule has 2 aliphatic heterocycles. The fraction of sp³-hybridized carbons (Fsp3) is 0.421. The Labute approximate surface area is 151 Å². The van der Waals surface area contributed by atoms with Gasteiger partial charge in [-0.3, -0.25) is 14.5 Å². The molecule has 2 amide bonds. The first-order valence-electron chi connectivity index (χ1n) is 9.01. The van der Waals surface area contributed by atoms with E-state index in [2.05, 4.69) is 10.4 Å². The minimum atomic E-state index is -0.0980. The van der Waals surface area contributed by atoms with Crippen LogP contribution in [0.5, 0.6) is 0 Å². The molecule has 2 aliphatic rings. The maximum Gasteiger partial charge on any atom is 0.251 e. The van der Waals surface area contributed by atoms with Crippen LogP contribution in [0, 0.1) is 0 Å². The van der Waals surface area contributed by atoms with Crippen molar-refractivity contribution in [3.8, 4) is 0 Å². The highest BCUT2D eigenvalue weighted by atomic mass is 16.5. The number of carbonyl (C=O) groups excluding carboxylic acids is 2. The van der Waals surface area contributed by atoms with Gasteiger partial charge in [0.05, 0.1) is 25.4 Å². The summed E-state index contributed by atoms with van der Waals surface area (Å²) in [5.74, 6) is 0.815. The SMILES string of the molecule is O=C(NCC1CCCO1)c1ccc(CN2C(=O)CCn3nccc32)cc1. The molecule has 1 atom stereocenters. The Morgan fingerprint density at radius 3 is 2.88 bits per heavy atom. The van der Waals surface area contributed by atoms with Crippen molar-refractivity contribution in [1.29, 1.82) is 0 Å². The summed E-state index contributed by atoms with van der Waals surface area (Å²) in [4.78, 5) is 26.2. The first-order valence-corrected chi connectivity index (χ1v) is 9.01. The van der Waals surface area contributed by atoms with E-state index in [0.717, 1.165) is 30.8 Å². The fourth-order valence-corrected chi connectivity index (χ4v) is 3.42. The van der Waals surface area contributed by atoms with Gasteiger partial charge in [-0.05, 0) is 30.5 Å². The summed E-state index contributed by atoms with van der Waals surface area (Å²) in [5, 5.41) is 7.15. The Bertz CT molecular complexity index is 793. The number of anilines is 1. The average molecular weight is 354 g/mol. The van der Waals surface area contributed by atoms with Crippen LogP contribution in [0.3, 0.4) is 0 Å². The number of carbonyl (C=O) groups is 2. The first kappa shape index (κ1) is 16.8. The molecule has 4 rings (SSSR count). The fourth-order valence-electron chi connectivity index (χ4n) is 3.42. The number of fused-ring (bicyclic) bond motifs is 1. The van der Waals surface area contributed by atoms with Crippen molar-refractivity contribution >= 4 is 17.6 Å². The Balaban J connectivity index is 1.38. The van der Waals surface area contributed by atoms with Crippen molar-refractivity contribution < 1.29 is 14.3 Å². The van der Waals surface area contributed by atoms with Gasteiger partial charge in [-0.15, -0.1) is 0 Å². The first-order chi connectivity index (χ1) is 12.7. The monoisotopic (exact) mass is 354 g/mol. The van der Waals surface area contributed by atoms with Crippen LogP contribution in [0.25, 0.3) is 0 Å². The summed E-state index contributed by atoms with van der Waals surface area (Å²) in [5.41, 5.74) is 1.59. The third-order valence-electron chi connectivity index (χ3n) is 4.88. The number of nitrogens with zero attached hydrogens (tertiary/aromatic N) is 3. The van der Waals surface area contributed by atoms with E-state index in [0.29, 0.717) is 31.6 Å². The van der Waals surface area contributed by atoms with Crippen molar-refractivity contribution in [1.82, 2.24) is 15.1 Å². The lowest BCUT2D eigenvalue weighted by Gasteiger charge is -2.27. The minimum Gasteiger partial charge on any atom is -0.376 e. The second kappa shape index (κ2) is 7.29. The van der Waals surface area contributed by atoms with Gasteiger partial charge in [-0.25, -0.2) is 4.68 Å². The third kappa shape index (κ3) is 3.48. The molecule has 0 saturated carbocycles. The molecule has 0 bridgehead atoms. The van der Waals surface area contributed by atoms with Gasteiger partial charge in [-0.1, -0.05) is 12.1 Å². The van der Waals surface area contributed by atoms with Crippen LogP contribution in [-0.2, 0) is 22.6 Å². The lowest BCUT2D eigenvalue weighted by Crippen LogP contribution is -2.37. The number of amides is 2. The number of benzene rings is 1. The molecule has 7 nitrogen and oxygen atoms in total. The highest BCUT2D eigenvalue weighted by Gasteiger charge is 2.24. The topological polar surface area (TPSA) is 76.5 Å². The number of hydrogen-bond donors (Lipinski definition) is 1. The summed E-state index contributed by atoms with van der Waals surface area (Å²) in [6, 6.07) is 9.23. The summed E-state index contributed by atoms with van der Waals surface area (Å²) in [6.07, 6.45) is 4.36. The van der Waals surface area contributed by atoms with E-state index < -0.39 is 0 Å². The van der Waals surface area contributed by atoms with Crippen molar-refractivity contribution in [2.45, 2.75) is 38.5 Å². The average Bonchev–Trinajstić information content (AvgIpc) is 3.34. The van der Waals surface area contributed by atoms with Gasteiger partial charge in [0.2, 0.25) is 5.91 Å². The molecular formula is C19H22N4O3. The Morgan fingerprint density at radius 1 is 1.27 bits per heavy atom. The Morgan fingerprint density at radius 2 is 2.12 bits per heavy atom. The standard InChI is InChI=1S/C19H22N4O3/c24-18-8-10-23-17(7-9-21-23)22(18)13-14-3-5-15(6-4-14)19(25)20-12-16-2-1-11-26-16/h3-7,9,16H,1-2,8,10-13H2,(H,20,25). The lowest BCUT2D eigenvalue weighted by molar-refractivity contribution is -0.119. The maximum atomic E-state index is 12.3. The predicted octanol–water partition coefficient (Wildman–Crippen LogP) is 1.73. The minimum absolute atomic E-state index is 0.0939. The molecule has 0 spiro atoms. The molecule has 0 aliphatic carbocycles. The zero-order valence-electron chi connectivity index (χ0n) is 14.6. The molecule has 3 heterocycles. The molecule has 2 aromatic rings. The molecule has 1 fully saturated rings. The van der Waals surface area contributed by atoms with Gasteiger partial charge in [0.25, 0.3) is 5.91 Å². The molecular weight excluding hydrogens is 332 g/mol. The molecule has 0 radical (unpaired) electrons. The van der Waals surface area contributed by atoms with Gasteiger partial charge in [0, 0.05) is 31.2 Å². The van der Waals surface area contributed by atoms with Crippen LogP contribution in [0.4, 0.5) is 5.82 Å². The van der Waals surface area contributed by atoms with Gasteiger partial charge < -0.3 is 10.1 Å². The van der Waals surface area contributed by atoms with E-state index in [1.807, 2.05) is 22.9 Å². The Kier molecular flexibility index (Phi) is 4.71. The molecule has 1 aromatic carbocycles. The van der Waals surface area contributed by atoms with E-state index >= 15 is 0 Å². The van der Waals surface area contributed by atoms with E-state index in [1.54, 1.807) is 23.2 Å². The van der Waals surface area contributed by atoms with Crippen molar-refractivity contribution in [3.05, 3.63) is 47.7 Å². The quantitative estimate of drug-likeness (QED) is 0.887. The molecule has 26 heavy (non-hydrogen) atoms. The lowest BCUT2D eigenvalue weighted by atomic mass is 10.1. The number of aryl methyl sites for hydroxylation is 1. The van der Waals surface area contributed by atoms with Crippen molar-refractivity contribution in [2.75, 3.05) is 18.1 Å². The van der Waals surface area contributed by atoms with Crippen LogP contribution in [0.2, 0.25) is 0 Å². The molecule has 136 valence electrons. The highest BCUT2D eigenvalue weighted by molar-refractivity contribution is 5.95. The summed E-state index contributed by atoms with van der Waals surface area (Å²) < 4.78 is 7.36. The van der Waals surface area contributed by atoms with E-state index in [9.17, 15) is 9.59 Å². The van der Waals surface area contributed by atoms with Crippen molar-refractivity contribution in [3.63, 3.8) is 0 Å². The Hall–Kier alpha value is -2.67. The summed E-state index contributed by atoms with van der Waals surface area (Å²) in [7, 11) is 0. The van der Waals surface area contributed by atoms with Crippen LogP contribution in [0.1, 0.15) is 35.2 Å². The second-order valence-corrected chi connectivity index (χ2v) is 6.68. The molecule has 1 saturated heterocycles. The van der Waals surface area contributed by atoms with Crippen LogP contribution >= 0.6 is 0 Å². The van der Waals surface area contributed by atoms with Gasteiger partial charge in [-0.2, -0.15) is 5.10 Å². The summed E-state index contributed by atoms with van der Waals surface area (Å²) in [6.45, 7) is 2.43. The van der Waals surface area contributed by atoms with Gasteiger partial charge >= 0.3 is 0 Å². The molecule has 1 unspecified atom stereocenters. The van der Waals surface area contributed by atoms with Gasteiger partial charge in [0.1, 0.15) is 5.82 Å². The molecule has 7 heteroatoms. The maximum absolute atomic E-state index is 12.3. The van der Waals surface area contributed by atoms with Gasteiger partial charge in [0.15, 0.2) is 0 Å². The largest absolute Gasteiger partial charge is 0.376 e. The zero-order valence-corrected chi connectivity index (χ0v) is 14.6. The second-order valence-electron chi connectivity index (χ2n) is 6.68. The number of hydrogen-bond acceptors (Lipinski definition) is 4. The van der Waals surface area contributed by atoms with Crippen LogP contribution < -0.4 is 10.2 Å². The van der Waals surface area contributed by atoms with E-state index in [4.69, 9.17) is 4.74 Å². The smallest absolute Gasteiger partial charge is 0.251 e. The predicted molar refractivity (Wildman–Crippen MR) is 95.8 cm³/mol. The zero-order chi connectivity index (χ0) is 17.9. The van der Waals surface area contributed by atoms with E-state index in [1.165, 1.54) is 0 Å². The normalized spacial score (nSPS) is 19.5. The third-order valence-corrected chi connectivity index (χ3v) is 4.88. The van der Waals surface area contributed by atoms with Crippen LogP contribution in [0.15, 0.2) is 36.5 Å². The van der Waals surface area contributed by atoms with E-state index in [-0.39, 0.29) is 17.9 Å². The molecule has 1 aromatic heterocycles. The number of ether oxygens (including phenoxy) is 1.